The van der Waals surface area contributed by atoms with Gasteiger partial charge in [0.1, 0.15) is 0 Å². The summed E-state index contributed by atoms with van der Waals surface area (Å²) in [7, 11) is 3.82. The molecule has 2 amide bonds. The van der Waals surface area contributed by atoms with Gasteiger partial charge in [-0.25, -0.2) is 0 Å². The molecule has 4 nitrogen and oxygen atoms in total. The van der Waals surface area contributed by atoms with E-state index in [1.165, 1.54) is 12.8 Å². The molecule has 1 aromatic carbocycles. The van der Waals surface area contributed by atoms with Gasteiger partial charge in [0.15, 0.2) is 0 Å². The second-order valence-electron chi connectivity index (χ2n) is 9.02. The van der Waals surface area contributed by atoms with Gasteiger partial charge in [0.05, 0.1) is 12.8 Å². The standard InChI is InChI=1S/C26H36N2O2/c1-27(19-23-9-5-3-6-10-23)25(29)17-21-13-15-22(16-14-21)18-26(30)28(2)20-24-11-7-4-8-12-24/h3-5,7,13-16,23-24H,6,8-12,17-20H2,1-2H3. The molecule has 2 aliphatic rings. The molecular weight excluding hydrogens is 372 g/mol. The molecule has 2 aliphatic carbocycles. The lowest BCUT2D eigenvalue weighted by Gasteiger charge is -2.25. The predicted molar refractivity (Wildman–Crippen MR) is 122 cm³/mol. The van der Waals surface area contributed by atoms with Gasteiger partial charge in [-0.1, -0.05) is 48.6 Å². The Morgan fingerprint density at radius 2 is 1.13 bits per heavy atom. The topological polar surface area (TPSA) is 40.6 Å². The number of carbonyl (C=O) groups is 2. The van der Waals surface area contributed by atoms with E-state index in [9.17, 15) is 9.59 Å². The van der Waals surface area contributed by atoms with Gasteiger partial charge in [0, 0.05) is 27.2 Å². The van der Waals surface area contributed by atoms with Gasteiger partial charge in [0.2, 0.25) is 11.8 Å². The minimum Gasteiger partial charge on any atom is -0.345 e. The largest absolute Gasteiger partial charge is 0.345 e. The van der Waals surface area contributed by atoms with Gasteiger partial charge >= 0.3 is 0 Å². The van der Waals surface area contributed by atoms with Crippen LogP contribution in [-0.4, -0.2) is 48.8 Å². The Hall–Kier alpha value is -2.36. The van der Waals surface area contributed by atoms with Gasteiger partial charge in [-0.05, 0) is 61.5 Å². The van der Waals surface area contributed by atoms with Gasteiger partial charge in [0.25, 0.3) is 0 Å². The van der Waals surface area contributed by atoms with Crippen molar-refractivity contribution in [1.29, 1.82) is 0 Å². The molecule has 0 aromatic heterocycles. The third-order valence-corrected chi connectivity index (χ3v) is 6.40. The fraction of sp³-hybridized carbons (Fsp3) is 0.538. The Bertz CT molecular complexity index is 701. The fourth-order valence-corrected chi connectivity index (χ4v) is 4.42. The van der Waals surface area contributed by atoms with E-state index >= 15 is 0 Å². The number of allylic oxidation sites excluding steroid dienone is 4. The number of nitrogens with zero attached hydrogens (tertiary/aromatic N) is 2. The van der Waals surface area contributed by atoms with E-state index in [4.69, 9.17) is 0 Å². The van der Waals surface area contributed by atoms with Crippen molar-refractivity contribution in [3.8, 4) is 0 Å². The summed E-state index contributed by atoms with van der Waals surface area (Å²) in [4.78, 5) is 28.9. The molecule has 162 valence electrons. The third-order valence-electron chi connectivity index (χ3n) is 6.40. The molecule has 0 aliphatic heterocycles. The lowest BCUT2D eigenvalue weighted by atomic mass is 9.94. The third kappa shape index (κ3) is 6.86. The number of benzene rings is 1. The van der Waals surface area contributed by atoms with Crippen LogP contribution in [0.15, 0.2) is 48.6 Å². The fourth-order valence-electron chi connectivity index (χ4n) is 4.42. The van der Waals surface area contributed by atoms with E-state index < -0.39 is 0 Å². The molecule has 2 unspecified atom stereocenters. The van der Waals surface area contributed by atoms with Gasteiger partial charge < -0.3 is 9.80 Å². The van der Waals surface area contributed by atoms with Gasteiger partial charge in [-0.2, -0.15) is 0 Å². The summed E-state index contributed by atoms with van der Waals surface area (Å²) in [5, 5.41) is 0. The van der Waals surface area contributed by atoms with E-state index in [1.807, 2.05) is 48.2 Å². The molecule has 0 radical (unpaired) electrons. The van der Waals surface area contributed by atoms with Gasteiger partial charge in [-0.15, -0.1) is 0 Å². The smallest absolute Gasteiger partial charge is 0.226 e. The molecule has 0 saturated heterocycles. The first kappa shape index (κ1) is 22.3. The Morgan fingerprint density at radius 1 is 0.733 bits per heavy atom. The summed E-state index contributed by atoms with van der Waals surface area (Å²) in [5.41, 5.74) is 2.02. The van der Waals surface area contributed by atoms with Crippen molar-refractivity contribution in [3.63, 3.8) is 0 Å². The first-order valence-electron chi connectivity index (χ1n) is 11.4. The number of hydrogen-bond donors (Lipinski definition) is 0. The highest BCUT2D eigenvalue weighted by atomic mass is 16.2. The van der Waals surface area contributed by atoms with Crippen molar-refractivity contribution >= 4 is 11.8 Å². The zero-order chi connectivity index (χ0) is 21.3. The van der Waals surface area contributed by atoms with E-state index in [2.05, 4.69) is 24.3 Å². The summed E-state index contributed by atoms with van der Waals surface area (Å²) >= 11 is 0. The number of carbonyl (C=O) groups excluding carboxylic acids is 2. The highest BCUT2D eigenvalue weighted by molar-refractivity contribution is 5.79. The minimum absolute atomic E-state index is 0.162. The molecule has 30 heavy (non-hydrogen) atoms. The molecular formula is C26H36N2O2. The number of amides is 2. The average molecular weight is 409 g/mol. The Kier molecular flexibility index (Phi) is 8.30. The van der Waals surface area contributed by atoms with Crippen molar-refractivity contribution in [2.75, 3.05) is 27.2 Å². The van der Waals surface area contributed by atoms with Crippen molar-refractivity contribution in [2.24, 2.45) is 11.8 Å². The highest BCUT2D eigenvalue weighted by Gasteiger charge is 2.18. The summed E-state index contributed by atoms with van der Waals surface area (Å²) < 4.78 is 0. The first-order valence-corrected chi connectivity index (χ1v) is 11.4. The van der Waals surface area contributed by atoms with Crippen LogP contribution >= 0.6 is 0 Å². The summed E-state index contributed by atoms with van der Waals surface area (Å²) in [6, 6.07) is 7.96. The molecule has 0 bridgehead atoms. The van der Waals surface area contributed by atoms with E-state index in [0.29, 0.717) is 24.7 Å². The molecule has 3 rings (SSSR count). The maximum Gasteiger partial charge on any atom is 0.226 e. The number of likely N-dealkylation sites (N-methyl/N-ethyl adjacent to an activating group) is 2. The van der Waals surface area contributed by atoms with Crippen LogP contribution in [0.4, 0.5) is 0 Å². The maximum atomic E-state index is 12.6. The minimum atomic E-state index is 0.162. The molecule has 0 fully saturated rings. The van der Waals surface area contributed by atoms with Crippen LogP contribution in [0.5, 0.6) is 0 Å². The zero-order valence-electron chi connectivity index (χ0n) is 18.6. The van der Waals surface area contributed by atoms with Crippen LogP contribution in [0.2, 0.25) is 0 Å². The number of hydrogen-bond acceptors (Lipinski definition) is 2. The molecule has 0 spiro atoms. The van der Waals surface area contributed by atoms with E-state index in [1.54, 1.807) is 0 Å². The summed E-state index contributed by atoms with van der Waals surface area (Å²) in [6.07, 6.45) is 16.5. The molecule has 0 heterocycles. The van der Waals surface area contributed by atoms with Crippen molar-refractivity contribution in [2.45, 2.75) is 51.4 Å². The molecule has 4 heteroatoms. The van der Waals surface area contributed by atoms with Crippen molar-refractivity contribution in [1.82, 2.24) is 9.80 Å². The lowest BCUT2D eigenvalue weighted by Crippen LogP contribution is -2.33. The summed E-state index contributed by atoms with van der Waals surface area (Å²) in [6.45, 7) is 1.66. The second-order valence-corrected chi connectivity index (χ2v) is 9.02. The Balaban J connectivity index is 1.44. The van der Waals surface area contributed by atoms with Crippen LogP contribution in [0.25, 0.3) is 0 Å². The quantitative estimate of drug-likeness (QED) is 0.598. The SMILES string of the molecule is CN(CC1CC=CCC1)C(=O)Cc1ccc(CC(=O)N(C)CC2CC=CCC2)cc1. The van der Waals surface area contributed by atoms with E-state index in [-0.39, 0.29) is 11.8 Å². The van der Waals surface area contributed by atoms with Crippen LogP contribution in [0.1, 0.15) is 49.7 Å². The van der Waals surface area contributed by atoms with Gasteiger partial charge in [-0.3, -0.25) is 9.59 Å². The molecule has 2 atom stereocenters. The number of rotatable bonds is 8. The predicted octanol–water partition coefficient (Wildman–Crippen LogP) is 4.40. The Morgan fingerprint density at radius 3 is 1.47 bits per heavy atom. The highest BCUT2D eigenvalue weighted by Crippen LogP contribution is 2.20. The van der Waals surface area contributed by atoms with Crippen LogP contribution in [0, 0.1) is 11.8 Å². The average Bonchev–Trinajstić information content (AvgIpc) is 2.76. The van der Waals surface area contributed by atoms with Crippen LogP contribution < -0.4 is 0 Å². The normalized spacial score (nSPS) is 20.7. The van der Waals surface area contributed by atoms with Crippen LogP contribution in [0.3, 0.4) is 0 Å². The van der Waals surface area contributed by atoms with Crippen LogP contribution in [-0.2, 0) is 22.4 Å². The molecule has 0 N–H and O–H groups in total. The Labute approximate surface area is 181 Å². The van der Waals surface area contributed by atoms with E-state index in [0.717, 1.165) is 49.9 Å². The van der Waals surface area contributed by atoms with Crippen molar-refractivity contribution < 1.29 is 9.59 Å². The monoisotopic (exact) mass is 408 g/mol. The molecule has 0 saturated carbocycles. The second kappa shape index (κ2) is 11.1. The molecule has 1 aromatic rings. The summed E-state index contributed by atoms with van der Waals surface area (Å²) in [5.74, 6) is 1.49. The lowest BCUT2D eigenvalue weighted by molar-refractivity contribution is -0.130. The zero-order valence-corrected chi connectivity index (χ0v) is 18.6. The first-order chi connectivity index (χ1) is 14.5. The maximum absolute atomic E-state index is 12.6. The van der Waals surface area contributed by atoms with Crippen molar-refractivity contribution in [3.05, 3.63) is 59.7 Å².